The van der Waals surface area contributed by atoms with Gasteiger partial charge in [-0.25, -0.2) is 0 Å². The van der Waals surface area contributed by atoms with Gasteiger partial charge in [0, 0.05) is 17.0 Å². The fourth-order valence-corrected chi connectivity index (χ4v) is 7.55. The van der Waals surface area contributed by atoms with Crippen LogP contribution in [0.25, 0.3) is 6.08 Å². The smallest absolute Gasteiger partial charge is 0.230 e. The molecular weight excluding hydrogens is 524 g/mol. The minimum atomic E-state index is -2.67. The second kappa shape index (κ2) is 9.96. The third-order valence-electron chi connectivity index (χ3n) is 9.09. The normalized spacial score (nSPS) is 34.8. The third-order valence-corrected chi connectivity index (χ3v) is 9.44. The molecule has 0 aromatic heterocycles. The highest BCUT2D eigenvalue weighted by Crippen LogP contribution is 2.52. The second-order valence-corrected chi connectivity index (χ2v) is 11.9. The largest absolute Gasteiger partial charge is 0.507 e. The van der Waals surface area contributed by atoms with Gasteiger partial charge in [0.2, 0.25) is 5.91 Å². The zero-order chi connectivity index (χ0) is 28.4. The number of nitrogens with zero attached hydrogens (tertiary/aromatic N) is 1. The van der Waals surface area contributed by atoms with Gasteiger partial charge in [0.1, 0.15) is 11.7 Å². The Bertz CT molecular complexity index is 1330. The first-order valence-electron chi connectivity index (χ1n) is 13.3. The highest BCUT2D eigenvalue weighted by Gasteiger charge is 2.69. The van der Waals surface area contributed by atoms with E-state index in [2.05, 4.69) is 6.08 Å². The van der Waals surface area contributed by atoms with Gasteiger partial charge in [-0.2, -0.15) is 0 Å². The van der Waals surface area contributed by atoms with Crippen molar-refractivity contribution < 1.29 is 34.5 Å². The number of carbonyl (C=O) groups is 4. The molecule has 0 bridgehead atoms. The number of primary amides is 1. The monoisotopic (exact) mass is 556 g/mol. The van der Waals surface area contributed by atoms with Gasteiger partial charge in [-0.3, -0.25) is 19.2 Å². The number of aliphatic hydroxyl groups is 2. The number of nitrogens with two attached hydrogens (primary N) is 1. The van der Waals surface area contributed by atoms with Crippen molar-refractivity contribution in [3.05, 3.63) is 45.5 Å². The molecule has 208 valence electrons. The van der Waals surface area contributed by atoms with E-state index in [0.29, 0.717) is 16.2 Å². The summed E-state index contributed by atoms with van der Waals surface area (Å²) in [6, 6.07) is 2.12. The molecule has 0 radical (unpaired) electrons. The Morgan fingerprint density at radius 2 is 1.90 bits per heavy atom. The molecule has 0 spiro atoms. The SMILES string of the molecule is CN(C)[C@H]1C(O)C(C(N)=O)C(=O)[C@]2(O)C(=O)C3C(=O)c4c(O)ccc(/C=C(\Cl)C5=CCCCC5)c4C[C@@H]3C[C@H]12. The lowest BCUT2D eigenvalue weighted by Gasteiger charge is -2.54. The summed E-state index contributed by atoms with van der Waals surface area (Å²) >= 11 is 6.66. The Labute approximate surface area is 231 Å². The highest BCUT2D eigenvalue weighted by molar-refractivity contribution is 6.34. The van der Waals surface area contributed by atoms with E-state index in [4.69, 9.17) is 17.3 Å². The van der Waals surface area contributed by atoms with Crippen molar-refractivity contribution in [3.8, 4) is 5.75 Å². The maximum atomic E-state index is 13.9. The number of phenolic OH excluding ortho intramolecular Hbond substituents is 1. The number of phenols is 1. The maximum absolute atomic E-state index is 13.9. The van der Waals surface area contributed by atoms with Crippen molar-refractivity contribution in [2.24, 2.45) is 29.4 Å². The standard InChI is InChI=1S/C29H33ClN2O7/c1-32(2)23-17-11-15-10-16-14(12-18(30)13-6-4-3-5-7-13)8-9-19(33)21(16)24(34)20(15)26(36)29(17,39)27(37)22(25(23)35)28(31)38/h6,8-9,12,15,17,20,22-23,25,33,35,39H,3-5,7,10-11H2,1-2H3,(H2,31,38)/b18-12-/t15-,17-,20?,22?,23-,25?,29-/m1/s1. The minimum absolute atomic E-state index is 0.0265. The van der Waals surface area contributed by atoms with Crippen LogP contribution in [-0.4, -0.2) is 75.3 Å². The number of likely N-dealkylation sites (N-methyl/N-ethyl adjacent to an activating group) is 1. The number of ketones is 3. The van der Waals surface area contributed by atoms with Crippen molar-refractivity contribution >= 4 is 40.9 Å². The van der Waals surface area contributed by atoms with Gasteiger partial charge in [0.25, 0.3) is 0 Å². The number of Topliss-reactive ketones (excluding diaryl/α,β-unsaturated/α-hetero) is 3. The van der Waals surface area contributed by atoms with Crippen LogP contribution in [0.5, 0.6) is 5.75 Å². The van der Waals surface area contributed by atoms with Crippen LogP contribution in [0.3, 0.4) is 0 Å². The van der Waals surface area contributed by atoms with Crippen LogP contribution in [0.1, 0.15) is 53.6 Å². The van der Waals surface area contributed by atoms with Crippen LogP contribution in [0, 0.1) is 23.7 Å². The van der Waals surface area contributed by atoms with E-state index in [1.54, 1.807) is 31.1 Å². The molecule has 0 heterocycles. The summed E-state index contributed by atoms with van der Waals surface area (Å²) in [5, 5.41) is 33.9. The number of aromatic hydroxyl groups is 1. The molecule has 39 heavy (non-hydrogen) atoms. The summed E-state index contributed by atoms with van der Waals surface area (Å²) in [6.07, 6.45) is 6.56. The number of carbonyl (C=O) groups excluding carboxylic acids is 4. The van der Waals surface area contributed by atoms with Crippen molar-refractivity contribution in [1.82, 2.24) is 4.90 Å². The summed E-state index contributed by atoms with van der Waals surface area (Å²) in [6.45, 7) is 0. The number of amides is 1. The Morgan fingerprint density at radius 3 is 2.51 bits per heavy atom. The first-order chi connectivity index (χ1) is 18.4. The topological polar surface area (TPSA) is 158 Å². The van der Waals surface area contributed by atoms with Crippen LogP contribution in [0.15, 0.2) is 28.8 Å². The molecule has 5 N–H and O–H groups in total. The quantitative estimate of drug-likeness (QED) is 0.408. The van der Waals surface area contributed by atoms with E-state index in [1.165, 1.54) is 6.07 Å². The molecule has 1 aromatic carbocycles. The molecule has 4 aliphatic carbocycles. The van der Waals surface area contributed by atoms with Crippen LogP contribution in [0.4, 0.5) is 0 Å². The molecule has 4 aliphatic rings. The summed E-state index contributed by atoms with van der Waals surface area (Å²) in [7, 11) is 3.23. The number of rotatable bonds is 4. The predicted molar refractivity (Wildman–Crippen MR) is 143 cm³/mol. The minimum Gasteiger partial charge on any atom is -0.507 e. The van der Waals surface area contributed by atoms with E-state index < -0.39 is 64.7 Å². The Morgan fingerprint density at radius 1 is 1.18 bits per heavy atom. The molecule has 0 saturated heterocycles. The fourth-order valence-electron chi connectivity index (χ4n) is 7.27. The van der Waals surface area contributed by atoms with Crippen LogP contribution in [-0.2, 0) is 20.8 Å². The molecule has 0 aliphatic heterocycles. The van der Waals surface area contributed by atoms with E-state index in [1.807, 2.05) is 0 Å². The Balaban J connectivity index is 1.60. The summed E-state index contributed by atoms with van der Waals surface area (Å²) < 4.78 is 0. The zero-order valence-corrected chi connectivity index (χ0v) is 22.6. The number of hydrogen-bond donors (Lipinski definition) is 4. The van der Waals surface area contributed by atoms with E-state index >= 15 is 0 Å². The summed E-state index contributed by atoms with van der Waals surface area (Å²) in [5.41, 5.74) is 4.93. The third kappa shape index (κ3) is 4.18. The number of halogens is 1. The molecule has 2 fully saturated rings. The molecule has 7 atom stereocenters. The average molecular weight is 557 g/mol. The molecule has 1 amide bonds. The number of allylic oxidation sites excluding steroid dienone is 3. The predicted octanol–water partition coefficient (Wildman–Crippen LogP) is 1.74. The summed E-state index contributed by atoms with van der Waals surface area (Å²) in [4.78, 5) is 54.8. The molecular formula is C29H33ClN2O7. The Kier molecular flexibility index (Phi) is 7.08. The maximum Gasteiger partial charge on any atom is 0.230 e. The van der Waals surface area contributed by atoms with Crippen molar-refractivity contribution in [1.29, 1.82) is 0 Å². The molecule has 10 heteroatoms. The van der Waals surface area contributed by atoms with Crippen LogP contribution >= 0.6 is 11.6 Å². The van der Waals surface area contributed by atoms with E-state index in [-0.39, 0.29) is 24.2 Å². The lowest BCUT2D eigenvalue weighted by atomic mass is 9.52. The molecule has 1 aromatic rings. The molecule has 5 rings (SSSR count). The zero-order valence-electron chi connectivity index (χ0n) is 21.9. The van der Waals surface area contributed by atoms with Gasteiger partial charge in [0.05, 0.1) is 17.6 Å². The molecule has 2 saturated carbocycles. The summed E-state index contributed by atoms with van der Waals surface area (Å²) in [5.74, 6) is -9.19. The first-order valence-corrected chi connectivity index (χ1v) is 13.7. The van der Waals surface area contributed by atoms with Gasteiger partial charge in [-0.1, -0.05) is 23.7 Å². The van der Waals surface area contributed by atoms with Crippen molar-refractivity contribution in [2.45, 2.75) is 56.3 Å². The van der Waals surface area contributed by atoms with Gasteiger partial charge in [-0.15, -0.1) is 0 Å². The van der Waals surface area contributed by atoms with E-state index in [9.17, 15) is 34.5 Å². The van der Waals surface area contributed by atoms with Gasteiger partial charge >= 0.3 is 0 Å². The number of aliphatic hydroxyl groups excluding tert-OH is 1. The Hall–Kier alpha value is -2.85. The number of benzene rings is 1. The average Bonchev–Trinajstić information content (AvgIpc) is 2.88. The van der Waals surface area contributed by atoms with E-state index in [0.717, 1.165) is 31.3 Å². The van der Waals surface area contributed by atoms with Crippen LogP contribution < -0.4 is 5.73 Å². The highest BCUT2D eigenvalue weighted by atomic mass is 35.5. The van der Waals surface area contributed by atoms with Crippen molar-refractivity contribution in [3.63, 3.8) is 0 Å². The lowest BCUT2D eigenvalue weighted by molar-refractivity contribution is -0.190. The molecule has 3 unspecified atom stereocenters. The molecule has 9 nitrogen and oxygen atoms in total. The first kappa shape index (κ1) is 27.7. The number of fused-ring (bicyclic) bond motifs is 3. The fraction of sp³-hybridized carbons (Fsp3) is 0.517. The second-order valence-electron chi connectivity index (χ2n) is 11.5. The van der Waals surface area contributed by atoms with Gasteiger partial charge in [-0.05, 0) is 87.4 Å². The number of hydrogen-bond acceptors (Lipinski definition) is 8. The van der Waals surface area contributed by atoms with Crippen molar-refractivity contribution in [2.75, 3.05) is 14.1 Å². The lowest BCUT2D eigenvalue weighted by Crippen LogP contribution is -2.75. The van der Waals surface area contributed by atoms with Gasteiger partial charge < -0.3 is 26.0 Å². The van der Waals surface area contributed by atoms with Crippen LogP contribution in [0.2, 0.25) is 0 Å². The van der Waals surface area contributed by atoms with Gasteiger partial charge in [0.15, 0.2) is 23.0 Å².